The lowest BCUT2D eigenvalue weighted by molar-refractivity contribution is -0.385. The van der Waals surface area contributed by atoms with Gasteiger partial charge in [-0.1, -0.05) is 18.2 Å². The van der Waals surface area contributed by atoms with Gasteiger partial charge >= 0.3 is 0 Å². The third kappa shape index (κ3) is 4.37. The molecule has 1 N–H and O–H groups in total. The van der Waals surface area contributed by atoms with E-state index in [1.807, 2.05) is 0 Å². The highest BCUT2D eigenvalue weighted by Crippen LogP contribution is 2.29. The second-order valence-electron chi connectivity index (χ2n) is 6.57. The number of carbonyl (C=O) groups is 1. The molecule has 11 heteroatoms. The van der Waals surface area contributed by atoms with Crippen LogP contribution in [0.15, 0.2) is 52.7 Å². The van der Waals surface area contributed by atoms with Crippen LogP contribution in [-0.4, -0.2) is 42.6 Å². The number of nitro benzene ring substituents is 1. The molecule has 9 nitrogen and oxygen atoms in total. The number of benzene rings is 2. The Morgan fingerprint density at radius 3 is 2.60 bits per heavy atom. The number of hydrogen-bond acceptors (Lipinski definition) is 7. The van der Waals surface area contributed by atoms with Gasteiger partial charge in [0.25, 0.3) is 11.6 Å². The minimum absolute atomic E-state index is 0.00643. The second-order valence-corrected chi connectivity index (χ2v) is 9.58. The third-order valence-electron chi connectivity index (χ3n) is 4.30. The molecule has 0 unspecified atom stereocenters. The van der Waals surface area contributed by atoms with E-state index in [9.17, 15) is 23.3 Å². The summed E-state index contributed by atoms with van der Waals surface area (Å²) < 4.78 is 25.6. The second kappa shape index (κ2) is 8.30. The molecule has 30 heavy (non-hydrogen) atoms. The molecule has 0 saturated carbocycles. The van der Waals surface area contributed by atoms with Gasteiger partial charge in [0, 0.05) is 42.2 Å². The van der Waals surface area contributed by atoms with E-state index in [-0.39, 0.29) is 16.1 Å². The maximum absolute atomic E-state index is 12.6. The normalized spacial score (nSPS) is 11.5. The lowest BCUT2D eigenvalue weighted by atomic mass is 10.1. The summed E-state index contributed by atoms with van der Waals surface area (Å²) in [6.45, 7) is 1.65. The minimum Gasteiger partial charge on any atom is -0.298 e. The van der Waals surface area contributed by atoms with Crippen LogP contribution in [0, 0.1) is 17.0 Å². The van der Waals surface area contributed by atoms with E-state index < -0.39 is 20.9 Å². The Labute approximate surface area is 177 Å². The Kier molecular flexibility index (Phi) is 5.97. The third-order valence-corrected chi connectivity index (χ3v) is 6.87. The molecule has 0 fully saturated rings. The van der Waals surface area contributed by atoms with Crippen molar-refractivity contribution in [1.82, 2.24) is 9.29 Å². The van der Waals surface area contributed by atoms with Crippen LogP contribution >= 0.6 is 11.3 Å². The molecule has 3 aromatic rings. The summed E-state index contributed by atoms with van der Waals surface area (Å²) in [6.07, 6.45) is 0. The van der Waals surface area contributed by atoms with Crippen LogP contribution < -0.4 is 5.32 Å². The monoisotopic (exact) mass is 446 g/mol. The molecule has 0 spiro atoms. The maximum Gasteiger partial charge on any atom is 0.272 e. The number of thiazole rings is 1. The highest BCUT2D eigenvalue weighted by Gasteiger charge is 2.19. The molecule has 0 bridgehead atoms. The predicted octanol–water partition coefficient (Wildman–Crippen LogP) is 3.53. The van der Waals surface area contributed by atoms with E-state index in [0.29, 0.717) is 22.0 Å². The number of nitrogens with zero attached hydrogens (tertiary/aromatic N) is 3. The summed E-state index contributed by atoms with van der Waals surface area (Å²) in [5.41, 5.74) is 1.75. The van der Waals surface area contributed by atoms with Gasteiger partial charge < -0.3 is 0 Å². The summed E-state index contributed by atoms with van der Waals surface area (Å²) >= 11 is 1.16. The molecule has 0 aliphatic rings. The van der Waals surface area contributed by atoms with E-state index in [2.05, 4.69) is 10.3 Å². The van der Waals surface area contributed by atoms with Gasteiger partial charge in [-0.15, -0.1) is 11.3 Å². The van der Waals surface area contributed by atoms with Crippen LogP contribution in [-0.2, 0) is 10.0 Å². The average molecular weight is 447 g/mol. The highest BCUT2D eigenvalue weighted by atomic mass is 32.2. The van der Waals surface area contributed by atoms with Crippen molar-refractivity contribution in [2.45, 2.75) is 11.8 Å². The van der Waals surface area contributed by atoms with Crippen molar-refractivity contribution in [3.05, 3.63) is 69.1 Å². The Bertz CT molecular complexity index is 1240. The highest BCUT2D eigenvalue weighted by molar-refractivity contribution is 7.89. The first-order valence-corrected chi connectivity index (χ1v) is 11.0. The topological polar surface area (TPSA) is 123 Å². The Morgan fingerprint density at radius 2 is 1.93 bits per heavy atom. The Balaban J connectivity index is 1.83. The zero-order valence-corrected chi connectivity index (χ0v) is 18.0. The number of carbonyl (C=O) groups excluding carboxylic acids is 1. The van der Waals surface area contributed by atoms with Crippen molar-refractivity contribution in [2.24, 2.45) is 0 Å². The van der Waals surface area contributed by atoms with Gasteiger partial charge in [-0.25, -0.2) is 17.7 Å². The van der Waals surface area contributed by atoms with Gasteiger partial charge in [0.2, 0.25) is 10.0 Å². The number of anilines is 1. The van der Waals surface area contributed by atoms with Crippen molar-refractivity contribution in [3.8, 4) is 11.3 Å². The van der Waals surface area contributed by atoms with Gasteiger partial charge in [0.15, 0.2) is 5.13 Å². The van der Waals surface area contributed by atoms with Crippen LogP contribution in [0.2, 0.25) is 0 Å². The number of aromatic nitrogens is 1. The minimum atomic E-state index is -3.67. The Morgan fingerprint density at radius 1 is 1.20 bits per heavy atom. The summed E-state index contributed by atoms with van der Waals surface area (Å²) in [7, 11) is -0.844. The van der Waals surface area contributed by atoms with Crippen molar-refractivity contribution >= 4 is 38.1 Å². The first-order chi connectivity index (χ1) is 14.1. The molecule has 2 aromatic carbocycles. The van der Waals surface area contributed by atoms with Crippen molar-refractivity contribution < 1.29 is 18.1 Å². The number of nitro groups is 1. The summed E-state index contributed by atoms with van der Waals surface area (Å²) in [5.74, 6) is -0.512. The fourth-order valence-electron chi connectivity index (χ4n) is 2.61. The fraction of sp³-hybridized carbons (Fsp3) is 0.158. The maximum atomic E-state index is 12.6. The van der Waals surface area contributed by atoms with E-state index in [4.69, 9.17) is 0 Å². The number of amides is 1. The predicted molar refractivity (Wildman–Crippen MR) is 114 cm³/mol. The molecule has 156 valence electrons. The van der Waals surface area contributed by atoms with Crippen molar-refractivity contribution in [1.29, 1.82) is 0 Å². The van der Waals surface area contributed by atoms with E-state index in [1.165, 1.54) is 44.4 Å². The number of sulfonamides is 1. The molecule has 0 atom stereocenters. The van der Waals surface area contributed by atoms with Gasteiger partial charge in [0.05, 0.1) is 15.5 Å². The first kappa shape index (κ1) is 21.6. The number of hydrogen-bond donors (Lipinski definition) is 1. The number of nitrogens with one attached hydrogen (secondary N) is 1. The molecule has 0 aliphatic carbocycles. The molecule has 1 aromatic heterocycles. The van der Waals surface area contributed by atoms with Crippen LogP contribution in [0.4, 0.5) is 10.8 Å². The quantitative estimate of drug-likeness (QED) is 0.456. The summed E-state index contributed by atoms with van der Waals surface area (Å²) in [6, 6.07) is 10.5. The van der Waals surface area contributed by atoms with E-state index in [1.54, 1.807) is 24.4 Å². The number of rotatable bonds is 6. The van der Waals surface area contributed by atoms with Crippen LogP contribution in [0.25, 0.3) is 11.3 Å². The van der Waals surface area contributed by atoms with E-state index in [0.717, 1.165) is 15.6 Å². The molecule has 1 amide bonds. The SMILES string of the molecule is Cc1ccc(-c2csc(NC(=O)c3cccc(S(=O)(=O)N(C)C)c3)n2)cc1[N+](=O)[O-]. The molecule has 1 heterocycles. The molecule has 0 saturated heterocycles. The molecule has 0 radical (unpaired) electrons. The Hall–Kier alpha value is -3.15. The zero-order chi connectivity index (χ0) is 22.1. The van der Waals surface area contributed by atoms with Crippen molar-refractivity contribution in [2.75, 3.05) is 19.4 Å². The molecular formula is C19H18N4O5S2. The standard InChI is InChI=1S/C19H18N4O5S2/c1-12-7-8-13(10-17(12)23(25)26)16-11-29-19(20-16)21-18(24)14-5-4-6-15(9-14)30(27,28)22(2)3/h4-11H,1-3H3,(H,20,21,24). The lowest BCUT2D eigenvalue weighted by Gasteiger charge is -2.12. The summed E-state index contributed by atoms with van der Waals surface area (Å²) in [5, 5.41) is 15.7. The van der Waals surface area contributed by atoms with E-state index >= 15 is 0 Å². The van der Waals surface area contributed by atoms with Gasteiger partial charge in [-0.2, -0.15) is 0 Å². The smallest absolute Gasteiger partial charge is 0.272 e. The van der Waals surface area contributed by atoms with Gasteiger partial charge in [-0.3, -0.25) is 20.2 Å². The molecule has 0 aliphatic heterocycles. The largest absolute Gasteiger partial charge is 0.298 e. The lowest BCUT2D eigenvalue weighted by Crippen LogP contribution is -2.22. The summed E-state index contributed by atoms with van der Waals surface area (Å²) in [4.78, 5) is 27.6. The van der Waals surface area contributed by atoms with Gasteiger partial charge in [0.1, 0.15) is 0 Å². The van der Waals surface area contributed by atoms with Gasteiger partial charge in [-0.05, 0) is 25.1 Å². The molecule has 3 rings (SSSR count). The number of aryl methyl sites for hydroxylation is 1. The van der Waals surface area contributed by atoms with Crippen LogP contribution in [0.5, 0.6) is 0 Å². The zero-order valence-electron chi connectivity index (χ0n) is 16.3. The van der Waals surface area contributed by atoms with Crippen molar-refractivity contribution in [3.63, 3.8) is 0 Å². The van der Waals surface area contributed by atoms with Crippen LogP contribution in [0.1, 0.15) is 15.9 Å². The van der Waals surface area contributed by atoms with Crippen LogP contribution in [0.3, 0.4) is 0 Å². The fourth-order valence-corrected chi connectivity index (χ4v) is 4.27. The average Bonchev–Trinajstić information content (AvgIpc) is 3.16. The molecular weight excluding hydrogens is 428 g/mol. The first-order valence-electron chi connectivity index (χ1n) is 8.64.